The number of aromatic nitrogens is 2. The van der Waals surface area contributed by atoms with Crippen molar-refractivity contribution >= 4 is 10.4 Å². The molecule has 7 nitrogen and oxygen atoms in total. The quantitative estimate of drug-likeness (QED) is 0.381. The topological polar surface area (TPSA) is 118 Å². The van der Waals surface area contributed by atoms with Crippen LogP contribution in [0.1, 0.15) is 0 Å². The second-order valence-electron chi connectivity index (χ2n) is 1.28. The van der Waals surface area contributed by atoms with Crippen LogP contribution in [0.5, 0.6) is 0 Å². The van der Waals surface area contributed by atoms with Gasteiger partial charge in [-0.05, 0) is 0 Å². The van der Waals surface area contributed by atoms with Gasteiger partial charge in [0.1, 0.15) is 0 Å². The molecule has 64 valence electrons. The van der Waals surface area contributed by atoms with E-state index in [2.05, 4.69) is 20.1 Å². The molecule has 4 N–H and O–H groups in total. The van der Waals surface area contributed by atoms with Gasteiger partial charge in [-0.15, -0.1) is 0 Å². The van der Waals surface area contributed by atoms with Crippen LogP contribution >= 0.6 is 0 Å². The zero-order valence-electron chi connectivity index (χ0n) is 5.34. The van der Waals surface area contributed by atoms with Gasteiger partial charge in [0.05, 0.1) is 6.33 Å². The summed E-state index contributed by atoms with van der Waals surface area (Å²) in [6.45, 7) is 0. The maximum atomic E-state index is 9.21. The number of H-pyrrole nitrogens is 1. The minimum Gasteiger partial charge on any atom is -0.351 e. The molecule has 0 aromatic carbocycles. The van der Waals surface area contributed by atoms with E-state index in [1.165, 1.54) is 0 Å². The third-order valence-electron chi connectivity index (χ3n) is 0.527. The summed E-state index contributed by atoms with van der Waals surface area (Å²) in [6, 6.07) is 0. The molecule has 0 amide bonds. The lowest BCUT2D eigenvalue weighted by Gasteiger charge is -1.81. The largest absolute Gasteiger partial charge is 0.413 e. The molecular formula is C3H7N3O4S. The van der Waals surface area contributed by atoms with Gasteiger partial charge >= 0.3 is 10.4 Å². The molecule has 8 heteroatoms. The molecule has 0 aliphatic rings. The standard InChI is InChI=1S/C3H4N2.H3NO4S/c1-2-5-3-4-1;1-5-6(2,3)4/h1-3H,(H,4,5);1H2,(H,2,3,4). The van der Waals surface area contributed by atoms with E-state index in [1.807, 2.05) is 0 Å². The predicted molar refractivity (Wildman–Crippen MR) is 35.4 cm³/mol. The second kappa shape index (κ2) is 4.79. The SMILES string of the molecule is NOS(=O)(=O)O.c1c[nH]cn1. The number of aromatic amines is 1. The highest BCUT2D eigenvalue weighted by atomic mass is 32.3. The van der Waals surface area contributed by atoms with E-state index in [0.29, 0.717) is 0 Å². The van der Waals surface area contributed by atoms with Crippen LogP contribution in [0.3, 0.4) is 0 Å². The van der Waals surface area contributed by atoms with Crippen LogP contribution in [-0.2, 0) is 14.7 Å². The van der Waals surface area contributed by atoms with Gasteiger partial charge in [-0.3, -0.25) is 4.55 Å². The van der Waals surface area contributed by atoms with Crippen molar-refractivity contribution in [1.29, 1.82) is 0 Å². The molecule has 0 unspecified atom stereocenters. The average molecular weight is 181 g/mol. The number of hydrogen-bond acceptors (Lipinski definition) is 5. The van der Waals surface area contributed by atoms with Crippen molar-refractivity contribution in [2.75, 3.05) is 0 Å². The molecular weight excluding hydrogens is 174 g/mol. The molecule has 0 radical (unpaired) electrons. The Kier molecular flexibility index (Phi) is 4.38. The molecule has 0 bridgehead atoms. The summed E-state index contributed by atoms with van der Waals surface area (Å²) in [5.41, 5.74) is 0. The maximum Gasteiger partial charge on any atom is 0.413 e. The van der Waals surface area contributed by atoms with Gasteiger partial charge in [0.15, 0.2) is 0 Å². The molecule has 1 rings (SSSR count). The highest BCUT2D eigenvalue weighted by Crippen LogP contribution is 1.70. The number of hydrogen-bond donors (Lipinski definition) is 3. The van der Waals surface area contributed by atoms with Crippen LogP contribution in [0.25, 0.3) is 0 Å². The molecule has 0 atom stereocenters. The smallest absolute Gasteiger partial charge is 0.351 e. The fourth-order valence-electron chi connectivity index (χ4n) is 0.215. The first-order valence-corrected chi connectivity index (χ1v) is 3.71. The van der Waals surface area contributed by atoms with Crippen molar-refractivity contribution in [2.24, 2.45) is 5.90 Å². The van der Waals surface area contributed by atoms with Gasteiger partial charge < -0.3 is 4.98 Å². The fourth-order valence-corrected chi connectivity index (χ4v) is 0.215. The average Bonchev–Trinajstić information content (AvgIpc) is 2.41. The number of rotatable bonds is 1. The summed E-state index contributed by atoms with van der Waals surface area (Å²) in [7, 11) is -4.38. The molecule has 0 fully saturated rings. The van der Waals surface area contributed by atoms with Gasteiger partial charge in [-0.2, -0.15) is 18.6 Å². The molecule has 1 aromatic heterocycles. The Morgan fingerprint density at radius 1 is 1.64 bits per heavy atom. The summed E-state index contributed by atoms with van der Waals surface area (Å²) in [6.07, 6.45) is 5.08. The van der Waals surface area contributed by atoms with Gasteiger partial charge in [0.25, 0.3) is 0 Å². The van der Waals surface area contributed by atoms with Crippen molar-refractivity contribution in [3.8, 4) is 0 Å². The lowest BCUT2D eigenvalue weighted by molar-refractivity contribution is 0.277. The van der Waals surface area contributed by atoms with Crippen molar-refractivity contribution in [2.45, 2.75) is 0 Å². The van der Waals surface area contributed by atoms with Crippen molar-refractivity contribution in [3.63, 3.8) is 0 Å². The number of imidazole rings is 1. The van der Waals surface area contributed by atoms with Gasteiger partial charge in [0, 0.05) is 12.4 Å². The Balaban J connectivity index is 0.000000183. The highest BCUT2D eigenvalue weighted by molar-refractivity contribution is 7.80. The Morgan fingerprint density at radius 3 is 2.27 bits per heavy atom. The van der Waals surface area contributed by atoms with E-state index in [-0.39, 0.29) is 0 Å². The van der Waals surface area contributed by atoms with Crippen LogP contribution < -0.4 is 5.90 Å². The van der Waals surface area contributed by atoms with Crippen molar-refractivity contribution in [3.05, 3.63) is 18.7 Å². The Labute approximate surface area is 63.1 Å². The first kappa shape index (κ1) is 10.0. The molecule has 11 heavy (non-hydrogen) atoms. The summed E-state index contributed by atoms with van der Waals surface area (Å²) in [5, 5.41) is 0. The van der Waals surface area contributed by atoms with E-state index in [0.717, 1.165) is 0 Å². The molecule has 0 saturated heterocycles. The van der Waals surface area contributed by atoms with Crippen LogP contribution in [0, 0.1) is 0 Å². The summed E-state index contributed by atoms with van der Waals surface area (Å²) in [4.78, 5) is 6.42. The van der Waals surface area contributed by atoms with Crippen LogP contribution in [0.2, 0.25) is 0 Å². The van der Waals surface area contributed by atoms with Crippen LogP contribution in [0.4, 0.5) is 0 Å². The van der Waals surface area contributed by atoms with Crippen molar-refractivity contribution < 1.29 is 17.3 Å². The number of nitrogens with zero attached hydrogens (tertiary/aromatic N) is 1. The minimum atomic E-state index is -4.38. The van der Waals surface area contributed by atoms with Crippen molar-refractivity contribution in [1.82, 2.24) is 9.97 Å². The second-order valence-corrected chi connectivity index (χ2v) is 2.33. The zero-order chi connectivity index (χ0) is 8.74. The molecule has 1 heterocycles. The highest BCUT2D eigenvalue weighted by Gasteiger charge is 1.95. The van der Waals surface area contributed by atoms with Gasteiger partial charge in [0.2, 0.25) is 0 Å². The normalized spacial score (nSPS) is 10.0. The molecule has 1 aromatic rings. The van der Waals surface area contributed by atoms with Gasteiger partial charge in [-0.25, -0.2) is 4.98 Å². The van der Waals surface area contributed by atoms with E-state index >= 15 is 0 Å². The minimum absolute atomic E-state index is 1.62. The van der Waals surface area contributed by atoms with E-state index in [1.54, 1.807) is 18.7 Å². The molecule has 0 aliphatic heterocycles. The maximum absolute atomic E-state index is 9.21. The molecule has 0 spiro atoms. The first-order chi connectivity index (χ1) is 5.06. The Morgan fingerprint density at radius 2 is 2.18 bits per heavy atom. The van der Waals surface area contributed by atoms with E-state index in [9.17, 15) is 8.42 Å². The van der Waals surface area contributed by atoms with Gasteiger partial charge in [-0.1, -0.05) is 0 Å². The van der Waals surface area contributed by atoms with E-state index < -0.39 is 10.4 Å². The number of nitrogens with two attached hydrogens (primary N) is 1. The van der Waals surface area contributed by atoms with E-state index in [4.69, 9.17) is 4.55 Å². The lowest BCUT2D eigenvalue weighted by atomic mass is 11.0. The Bertz CT molecular complexity index is 237. The van der Waals surface area contributed by atoms with Crippen LogP contribution in [0.15, 0.2) is 18.7 Å². The monoisotopic (exact) mass is 181 g/mol. The summed E-state index contributed by atoms with van der Waals surface area (Å²) < 4.78 is 28.8. The predicted octanol–water partition coefficient (Wildman–Crippen LogP) is -0.911. The summed E-state index contributed by atoms with van der Waals surface area (Å²) >= 11 is 0. The third kappa shape index (κ3) is 9.04. The lowest BCUT2D eigenvalue weighted by Crippen LogP contribution is -2.08. The fraction of sp³-hybridized carbons (Fsp3) is 0. The van der Waals surface area contributed by atoms with Crippen LogP contribution in [-0.4, -0.2) is 22.9 Å². The molecule has 0 aliphatic carbocycles. The third-order valence-corrected chi connectivity index (χ3v) is 0.771. The molecule has 0 saturated carbocycles. The Hall–Kier alpha value is -0.960. The first-order valence-electron chi connectivity index (χ1n) is 2.35. The summed E-state index contributed by atoms with van der Waals surface area (Å²) in [5.74, 6) is 3.97. The zero-order valence-corrected chi connectivity index (χ0v) is 6.15. The number of nitrogens with one attached hydrogen (secondary N) is 1.